The first-order valence-electron chi connectivity index (χ1n) is 6.35. The van der Waals surface area contributed by atoms with Gasteiger partial charge in [-0.25, -0.2) is 15.0 Å². The standard InChI is InChI=1S/C11H16N6O4/c12-5-7(20)8(4(19)1-18)21-11(5)17-3-16-6-9(13)14-2-15-10(6)17/h2-5,7-8,11,18-20H,1,12H2,(H2,13,14,15)/t4-,5-,7-,8-,11+/m1/s1. The zero-order valence-corrected chi connectivity index (χ0v) is 10.9. The van der Waals surface area contributed by atoms with Gasteiger partial charge in [-0.05, 0) is 0 Å². The number of hydrogen-bond acceptors (Lipinski definition) is 9. The molecule has 1 fully saturated rings. The third-order valence-electron chi connectivity index (χ3n) is 3.58. The Labute approximate surface area is 119 Å². The van der Waals surface area contributed by atoms with Crippen LogP contribution < -0.4 is 11.5 Å². The van der Waals surface area contributed by atoms with Crippen LogP contribution in [0.2, 0.25) is 0 Å². The first-order chi connectivity index (χ1) is 10.0. The first-order valence-corrected chi connectivity index (χ1v) is 6.35. The van der Waals surface area contributed by atoms with E-state index in [1.54, 1.807) is 0 Å². The SMILES string of the molecule is Nc1ncnc2c1ncn2[C@H]1O[C@H]([C@H](O)CO)[C@H](O)[C@H]1N. The van der Waals surface area contributed by atoms with E-state index >= 15 is 0 Å². The molecular weight excluding hydrogens is 280 g/mol. The highest BCUT2D eigenvalue weighted by atomic mass is 16.5. The van der Waals surface area contributed by atoms with Crippen molar-refractivity contribution in [3.63, 3.8) is 0 Å². The number of aromatic nitrogens is 4. The molecule has 0 amide bonds. The third-order valence-corrected chi connectivity index (χ3v) is 3.58. The molecule has 0 spiro atoms. The van der Waals surface area contributed by atoms with Crippen molar-refractivity contribution in [1.29, 1.82) is 0 Å². The molecule has 3 heterocycles. The van der Waals surface area contributed by atoms with Crippen LogP contribution in [0.4, 0.5) is 5.82 Å². The number of fused-ring (bicyclic) bond motifs is 1. The van der Waals surface area contributed by atoms with E-state index in [-0.39, 0.29) is 5.82 Å². The van der Waals surface area contributed by atoms with Crippen LogP contribution in [0.25, 0.3) is 11.2 Å². The highest BCUT2D eigenvalue weighted by Gasteiger charge is 2.46. The van der Waals surface area contributed by atoms with Crippen LogP contribution in [0.15, 0.2) is 12.7 Å². The summed E-state index contributed by atoms with van der Waals surface area (Å²) in [6.45, 7) is -0.541. The maximum atomic E-state index is 10.0. The van der Waals surface area contributed by atoms with Gasteiger partial charge in [0.2, 0.25) is 0 Å². The fraction of sp³-hybridized carbons (Fsp3) is 0.545. The van der Waals surface area contributed by atoms with Crippen LogP contribution in [-0.2, 0) is 4.74 Å². The summed E-state index contributed by atoms with van der Waals surface area (Å²) in [4.78, 5) is 12.0. The molecule has 21 heavy (non-hydrogen) atoms. The van der Waals surface area contributed by atoms with E-state index in [2.05, 4.69) is 15.0 Å². The van der Waals surface area contributed by atoms with E-state index in [1.165, 1.54) is 17.2 Å². The van der Waals surface area contributed by atoms with E-state index in [1.807, 2.05) is 0 Å². The molecule has 1 aliphatic heterocycles. The van der Waals surface area contributed by atoms with Gasteiger partial charge in [0.25, 0.3) is 0 Å². The quantitative estimate of drug-likeness (QED) is 0.406. The molecule has 7 N–H and O–H groups in total. The molecule has 0 saturated carbocycles. The molecule has 10 heteroatoms. The van der Waals surface area contributed by atoms with E-state index in [0.717, 1.165) is 0 Å². The molecule has 0 radical (unpaired) electrons. The highest BCUT2D eigenvalue weighted by molar-refractivity contribution is 5.81. The van der Waals surface area contributed by atoms with E-state index in [9.17, 15) is 10.2 Å². The van der Waals surface area contributed by atoms with Crippen molar-refractivity contribution in [1.82, 2.24) is 19.5 Å². The number of nitrogens with two attached hydrogens (primary N) is 2. The molecule has 10 nitrogen and oxygen atoms in total. The van der Waals surface area contributed by atoms with E-state index < -0.39 is 37.2 Å². The minimum atomic E-state index is -1.23. The van der Waals surface area contributed by atoms with Crippen LogP contribution in [0, 0.1) is 0 Å². The van der Waals surface area contributed by atoms with Crippen molar-refractivity contribution >= 4 is 17.0 Å². The van der Waals surface area contributed by atoms with Gasteiger partial charge in [0, 0.05) is 0 Å². The summed E-state index contributed by atoms with van der Waals surface area (Å²) in [5.74, 6) is 0.220. The average molecular weight is 296 g/mol. The predicted octanol–water partition coefficient (Wildman–Crippen LogP) is -2.65. The molecule has 0 aliphatic carbocycles. The summed E-state index contributed by atoms with van der Waals surface area (Å²) in [5.41, 5.74) is 12.4. The Bertz CT molecular complexity index is 649. The molecule has 2 aromatic rings. The van der Waals surface area contributed by atoms with Crippen LogP contribution in [-0.4, -0.2) is 65.8 Å². The maximum Gasteiger partial charge on any atom is 0.167 e. The normalized spacial score (nSPS) is 30.9. The minimum absolute atomic E-state index is 0.220. The van der Waals surface area contributed by atoms with Crippen molar-refractivity contribution in [3.8, 4) is 0 Å². The summed E-state index contributed by atoms with van der Waals surface area (Å²) < 4.78 is 7.09. The van der Waals surface area contributed by atoms with Gasteiger partial charge in [-0.3, -0.25) is 4.57 Å². The lowest BCUT2D eigenvalue weighted by Crippen LogP contribution is -2.43. The Balaban J connectivity index is 1.98. The van der Waals surface area contributed by atoms with Crippen molar-refractivity contribution in [2.24, 2.45) is 5.73 Å². The van der Waals surface area contributed by atoms with Crippen molar-refractivity contribution in [3.05, 3.63) is 12.7 Å². The fourth-order valence-electron chi connectivity index (χ4n) is 2.45. The van der Waals surface area contributed by atoms with Crippen LogP contribution in [0.5, 0.6) is 0 Å². The van der Waals surface area contributed by atoms with Crippen LogP contribution >= 0.6 is 0 Å². The number of ether oxygens (including phenoxy) is 1. The maximum absolute atomic E-state index is 10.0. The Morgan fingerprint density at radius 3 is 2.86 bits per heavy atom. The second-order valence-electron chi connectivity index (χ2n) is 4.89. The van der Waals surface area contributed by atoms with Crippen LogP contribution in [0.3, 0.4) is 0 Å². The largest absolute Gasteiger partial charge is 0.394 e. The Hall–Kier alpha value is -1.85. The van der Waals surface area contributed by atoms with Crippen LogP contribution in [0.1, 0.15) is 6.23 Å². The van der Waals surface area contributed by atoms with Gasteiger partial charge in [0.15, 0.2) is 17.7 Å². The lowest BCUT2D eigenvalue weighted by atomic mass is 10.0. The first kappa shape index (κ1) is 14.1. The van der Waals surface area contributed by atoms with Crippen molar-refractivity contribution in [2.45, 2.75) is 30.6 Å². The van der Waals surface area contributed by atoms with Gasteiger partial charge in [-0.15, -0.1) is 0 Å². The highest BCUT2D eigenvalue weighted by Crippen LogP contribution is 2.32. The molecular formula is C11H16N6O4. The summed E-state index contributed by atoms with van der Waals surface area (Å²) >= 11 is 0. The van der Waals surface area contributed by atoms with Gasteiger partial charge in [-0.1, -0.05) is 0 Å². The summed E-state index contributed by atoms with van der Waals surface area (Å²) in [5, 5.41) is 28.7. The number of nitrogens with zero attached hydrogens (tertiary/aromatic N) is 4. The second kappa shape index (κ2) is 5.16. The molecule has 0 bridgehead atoms. The summed E-state index contributed by atoms with van der Waals surface area (Å²) in [6.07, 6.45) is -1.43. The molecule has 1 saturated heterocycles. The number of rotatable bonds is 3. The lowest BCUT2D eigenvalue weighted by Gasteiger charge is -2.19. The predicted molar refractivity (Wildman–Crippen MR) is 70.7 cm³/mol. The third kappa shape index (κ3) is 2.13. The van der Waals surface area contributed by atoms with Crippen molar-refractivity contribution < 1.29 is 20.1 Å². The molecule has 114 valence electrons. The number of aliphatic hydroxyl groups is 3. The van der Waals surface area contributed by atoms with E-state index in [4.69, 9.17) is 21.3 Å². The number of hydrogen-bond donors (Lipinski definition) is 5. The monoisotopic (exact) mass is 296 g/mol. The topological polar surface area (TPSA) is 166 Å². The molecule has 0 aromatic carbocycles. The Kier molecular flexibility index (Phi) is 3.47. The zero-order chi connectivity index (χ0) is 15.1. The summed E-state index contributed by atoms with van der Waals surface area (Å²) in [7, 11) is 0. The average Bonchev–Trinajstić information content (AvgIpc) is 3.02. The smallest absolute Gasteiger partial charge is 0.167 e. The van der Waals surface area contributed by atoms with Gasteiger partial charge < -0.3 is 31.5 Å². The van der Waals surface area contributed by atoms with Gasteiger partial charge >= 0.3 is 0 Å². The van der Waals surface area contributed by atoms with E-state index in [0.29, 0.717) is 11.2 Å². The summed E-state index contributed by atoms with van der Waals surface area (Å²) in [6, 6.07) is -0.815. The fourth-order valence-corrected chi connectivity index (χ4v) is 2.45. The number of imidazole rings is 1. The Morgan fingerprint density at radius 2 is 2.14 bits per heavy atom. The lowest BCUT2D eigenvalue weighted by molar-refractivity contribution is -0.0950. The number of aliphatic hydroxyl groups excluding tert-OH is 3. The number of anilines is 1. The molecule has 1 aliphatic rings. The van der Waals surface area contributed by atoms with Crippen molar-refractivity contribution in [2.75, 3.05) is 12.3 Å². The second-order valence-corrected chi connectivity index (χ2v) is 4.89. The molecule has 5 atom stereocenters. The van der Waals surface area contributed by atoms with Gasteiger partial charge in [0.05, 0.1) is 19.0 Å². The van der Waals surface area contributed by atoms with Gasteiger partial charge in [0.1, 0.15) is 30.2 Å². The number of nitrogen functional groups attached to an aromatic ring is 1. The zero-order valence-electron chi connectivity index (χ0n) is 10.9. The minimum Gasteiger partial charge on any atom is -0.394 e. The Morgan fingerprint density at radius 1 is 1.38 bits per heavy atom. The molecule has 3 rings (SSSR count). The van der Waals surface area contributed by atoms with Gasteiger partial charge in [-0.2, -0.15) is 0 Å². The molecule has 2 aromatic heterocycles. The molecule has 0 unspecified atom stereocenters.